The van der Waals surface area contributed by atoms with Gasteiger partial charge in [0, 0.05) is 84.3 Å². The summed E-state index contributed by atoms with van der Waals surface area (Å²) in [6.45, 7) is 0. The molecule has 76 heavy (non-hydrogen) atoms. The molecule has 16 rings (SSSR count). The largest absolute Gasteiger partial charge is 0.456 e. The zero-order valence-corrected chi connectivity index (χ0v) is 42.2. The molecule has 0 unspecified atom stereocenters. The first kappa shape index (κ1) is 42.9. The number of aromatic nitrogens is 4. The number of rotatable bonds is 7. The average molecular weight is 1010 g/mol. The van der Waals surface area contributed by atoms with Gasteiger partial charge < -0.3 is 8.98 Å². The number of thiophene rings is 2. The highest BCUT2D eigenvalue weighted by molar-refractivity contribution is 7.26. The molecule has 5 aromatic heterocycles. The van der Waals surface area contributed by atoms with Gasteiger partial charge in [-0.15, -0.1) is 22.7 Å². The van der Waals surface area contributed by atoms with Crippen molar-refractivity contribution in [2.45, 2.75) is 0 Å². The molecule has 0 spiro atoms. The van der Waals surface area contributed by atoms with Gasteiger partial charge in [0.1, 0.15) is 11.2 Å². The van der Waals surface area contributed by atoms with E-state index in [1.54, 1.807) is 22.7 Å². The minimum Gasteiger partial charge on any atom is -0.456 e. The van der Waals surface area contributed by atoms with Crippen LogP contribution in [0.5, 0.6) is 0 Å². The van der Waals surface area contributed by atoms with E-state index in [9.17, 15) is 0 Å². The van der Waals surface area contributed by atoms with Crippen LogP contribution in [0.3, 0.4) is 0 Å². The number of hydrogen-bond donors (Lipinski definition) is 0. The quantitative estimate of drug-likeness (QED) is 0.160. The summed E-state index contributed by atoms with van der Waals surface area (Å²) in [6.07, 6.45) is 0. The van der Waals surface area contributed by atoms with E-state index in [-0.39, 0.29) is 0 Å². The van der Waals surface area contributed by atoms with E-state index in [4.69, 9.17) is 19.4 Å². The molecule has 0 radical (unpaired) electrons. The summed E-state index contributed by atoms with van der Waals surface area (Å²) >= 11 is 3.59. The van der Waals surface area contributed by atoms with Crippen LogP contribution in [0.1, 0.15) is 0 Å². The summed E-state index contributed by atoms with van der Waals surface area (Å²) in [5.74, 6) is 1.84. The molecule has 16 aromatic rings. The third kappa shape index (κ3) is 6.94. The van der Waals surface area contributed by atoms with Gasteiger partial charge in [-0.1, -0.05) is 158 Å². The number of furan rings is 1. The van der Waals surface area contributed by atoms with Gasteiger partial charge in [0.25, 0.3) is 0 Å². The molecule has 0 saturated heterocycles. The number of benzene rings is 11. The standard InChI is InChI=1S/C69H40N4OS2/c1-2-17-49(18-3-1)73-58-23-7-4-19-50(58)56-37-45(29-33-59(56)73)43-15-10-13-41(35-43)42-14-11-16-44(36-42)46-30-34-60-57(38-46)66-55(22-12-24-61(66)74-60)69-71-67(47-27-31-53-51-20-5-8-25-62(51)75-64(53)39-47)70-68(72-69)48-28-32-54-52-21-6-9-26-63(52)76-65(54)40-48/h1-40H. The van der Waals surface area contributed by atoms with Crippen LogP contribution in [0.15, 0.2) is 247 Å². The van der Waals surface area contributed by atoms with Gasteiger partial charge in [-0.2, -0.15) is 0 Å². The van der Waals surface area contributed by atoms with Crippen LogP contribution in [0.25, 0.3) is 157 Å². The van der Waals surface area contributed by atoms with Crippen molar-refractivity contribution in [2.75, 3.05) is 0 Å². The highest BCUT2D eigenvalue weighted by atomic mass is 32.1. The SMILES string of the molecule is c1ccc(-n2c3ccccc3c3cc(-c4cccc(-c5cccc(-c6ccc7oc8cccc(-c9nc(-c%10ccc%11c(c%10)sc%10ccccc%10%11)nc(-c%10ccc%11c(c%10)sc%10ccccc%10%11)n9)c8c7c6)c5)c4)ccc32)cc1. The Balaban J connectivity index is 0.797. The molecule has 0 amide bonds. The van der Waals surface area contributed by atoms with Crippen LogP contribution in [-0.4, -0.2) is 19.5 Å². The number of fused-ring (bicyclic) bond motifs is 12. The molecule has 11 aromatic carbocycles. The fraction of sp³-hybridized carbons (Fsp3) is 0. The van der Waals surface area contributed by atoms with Crippen LogP contribution in [0, 0.1) is 0 Å². The van der Waals surface area contributed by atoms with Gasteiger partial charge in [-0.3, -0.25) is 0 Å². The first-order valence-corrected chi connectivity index (χ1v) is 27.1. The van der Waals surface area contributed by atoms with E-state index in [2.05, 4.69) is 235 Å². The lowest BCUT2D eigenvalue weighted by molar-refractivity contribution is 0.669. The molecule has 0 fully saturated rings. The summed E-state index contributed by atoms with van der Waals surface area (Å²) in [6, 6.07) is 87.0. The third-order valence-electron chi connectivity index (χ3n) is 15.1. The Hall–Kier alpha value is -9.53. The Kier molecular flexibility index (Phi) is 9.61. The predicted molar refractivity (Wildman–Crippen MR) is 320 cm³/mol. The lowest BCUT2D eigenvalue weighted by Gasteiger charge is -2.10. The Labute approximate surface area is 443 Å². The van der Waals surface area contributed by atoms with Crippen molar-refractivity contribution < 1.29 is 4.42 Å². The maximum absolute atomic E-state index is 6.64. The lowest BCUT2D eigenvalue weighted by atomic mass is 9.95. The molecule has 354 valence electrons. The fourth-order valence-corrected chi connectivity index (χ4v) is 13.7. The van der Waals surface area contributed by atoms with E-state index >= 15 is 0 Å². The summed E-state index contributed by atoms with van der Waals surface area (Å²) in [7, 11) is 0. The second-order valence-electron chi connectivity index (χ2n) is 19.5. The average Bonchev–Trinajstić information content (AvgIpc) is 4.30. The first-order valence-electron chi connectivity index (χ1n) is 25.5. The van der Waals surface area contributed by atoms with Crippen LogP contribution in [0.4, 0.5) is 0 Å². The molecular formula is C69H40N4OS2. The monoisotopic (exact) mass is 1000 g/mol. The number of para-hydroxylation sites is 2. The maximum Gasteiger partial charge on any atom is 0.164 e. The van der Waals surface area contributed by atoms with Gasteiger partial charge in [0.2, 0.25) is 0 Å². The van der Waals surface area contributed by atoms with Crippen molar-refractivity contribution in [3.63, 3.8) is 0 Å². The van der Waals surface area contributed by atoms with E-state index < -0.39 is 0 Å². The molecule has 0 atom stereocenters. The van der Waals surface area contributed by atoms with Gasteiger partial charge in [-0.25, -0.2) is 15.0 Å². The minimum atomic E-state index is 0.592. The second kappa shape index (κ2) is 17.0. The van der Waals surface area contributed by atoms with Crippen LogP contribution in [0.2, 0.25) is 0 Å². The van der Waals surface area contributed by atoms with E-state index in [0.29, 0.717) is 17.5 Å². The third-order valence-corrected chi connectivity index (χ3v) is 17.3. The van der Waals surface area contributed by atoms with E-state index in [1.807, 2.05) is 12.1 Å². The fourth-order valence-electron chi connectivity index (χ4n) is 11.4. The molecule has 0 aliphatic carbocycles. The van der Waals surface area contributed by atoms with Crippen molar-refractivity contribution >= 4 is 107 Å². The Bertz CT molecular complexity index is 4890. The number of nitrogens with zero attached hydrogens (tertiary/aromatic N) is 4. The van der Waals surface area contributed by atoms with Gasteiger partial charge in [0.05, 0.1) is 11.0 Å². The van der Waals surface area contributed by atoms with Crippen LogP contribution < -0.4 is 0 Å². The van der Waals surface area contributed by atoms with Crippen molar-refractivity contribution in [1.29, 1.82) is 0 Å². The normalized spacial score (nSPS) is 11.9. The molecule has 5 nitrogen and oxygen atoms in total. The van der Waals surface area contributed by atoms with Crippen molar-refractivity contribution in [3.05, 3.63) is 243 Å². The van der Waals surface area contributed by atoms with Gasteiger partial charge in [-0.05, 0) is 118 Å². The molecule has 0 saturated carbocycles. The van der Waals surface area contributed by atoms with Crippen molar-refractivity contribution in [2.24, 2.45) is 0 Å². The smallest absolute Gasteiger partial charge is 0.164 e. The van der Waals surface area contributed by atoms with Gasteiger partial charge in [0.15, 0.2) is 17.5 Å². The van der Waals surface area contributed by atoms with Crippen LogP contribution in [-0.2, 0) is 0 Å². The van der Waals surface area contributed by atoms with Crippen molar-refractivity contribution in [3.8, 4) is 73.2 Å². The first-order chi connectivity index (χ1) is 37.6. The predicted octanol–water partition coefficient (Wildman–Crippen LogP) is 19.6. The zero-order valence-electron chi connectivity index (χ0n) is 40.6. The Morgan fingerprint density at radius 3 is 1.42 bits per heavy atom. The van der Waals surface area contributed by atoms with Gasteiger partial charge >= 0.3 is 0 Å². The molecule has 0 aliphatic heterocycles. The zero-order chi connectivity index (χ0) is 49.8. The molecule has 0 aliphatic rings. The van der Waals surface area contributed by atoms with Crippen LogP contribution >= 0.6 is 22.7 Å². The minimum absolute atomic E-state index is 0.592. The summed E-state index contributed by atoms with van der Waals surface area (Å²) in [5.41, 5.74) is 14.8. The molecule has 0 bridgehead atoms. The Morgan fingerprint density at radius 2 is 0.776 bits per heavy atom. The topological polar surface area (TPSA) is 56.7 Å². The molecular weight excluding hydrogens is 965 g/mol. The Morgan fingerprint density at radius 1 is 0.289 bits per heavy atom. The van der Waals surface area contributed by atoms with E-state index in [1.165, 1.54) is 73.3 Å². The lowest BCUT2D eigenvalue weighted by Crippen LogP contribution is -2.00. The second-order valence-corrected chi connectivity index (χ2v) is 21.7. The highest BCUT2D eigenvalue weighted by Crippen LogP contribution is 2.43. The highest BCUT2D eigenvalue weighted by Gasteiger charge is 2.21. The van der Waals surface area contributed by atoms with Crippen molar-refractivity contribution in [1.82, 2.24) is 19.5 Å². The number of hydrogen-bond acceptors (Lipinski definition) is 6. The maximum atomic E-state index is 6.64. The molecule has 7 heteroatoms. The van der Waals surface area contributed by atoms with E-state index in [0.717, 1.165) is 66.6 Å². The summed E-state index contributed by atoms with van der Waals surface area (Å²) < 4.78 is 13.9. The molecule has 5 heterocycles. The summed E-state index contributed by atoms with van der Waals surface area (Å²) in [4.78, 5) is 15.9. The summed E-state index contributed by atoms with van der Waals surface area (Å²) in [5, 5.41) is 9.43. The molecule has 0 N–H and O–H groups in total.